The number of hydrogen-bond donors (Lipinski definition) is 2. The lowest BCUT2D eigenvalue weighted by atomic mass is 9.95. The number of nitrogens with one attached hydrogen (secondary N) is 2. The number of nitrogens with zero attached hydrogens (tertiary/aromatic N) is 3. The van der Waals surface area contributed by atoms with E-state index in [4.69, 9.17) is 0 Å². The fourth-order valence-electron chi connectivity index (χ4n) is 2.98. The predicted molar refractivity (Wildman–Crippen MR) is 92.0 cm³/mol. The Labute approximate surface area is 140 Å². The molecule has 1 aliphatic rings. The van der Waals surface area contributed by atoms with Crippen LogP contribution >= 0.6 is 11.3 Å². The van der Waals surface area contributed by atoms with Gasteiger partial charge in [-0.15, -0.1) is 11.3 Å². The van der Waals surface area contributed by atoms with Crippen LogP contribution in [0, 0.1) is 19.8 Å². The molecule has 1 saturated heterocycles. The smallest absolute Gasteiger partial charge is 0.268 e. The van der Waals surface area contributed by atoms with Crippen molar-refractivity contribution in [3.8, 4) is 0 Å². The van der Waals surface area contributed by atoms with Crippen LogP contribution in [0.25, 0.3) is 0 Å². The Balaban J connectivity index is 1.69. The van der Waals surface area contributed by atoms with E-state index in [9.17, 15) is 4.79 Å². The zero-order valence-electron chi connectivity index (χ0n) is 13.8. The largest absolute Gasteiger partial charge is 0.317 e. The minimum atomic E-state index is -0.113. The molecule has 2 aromatic heterocycles. The Morgan fingerprint density at radius 3 is 2.83 bits per heavy atom. The summed E-state index contributed by atoms with van der Waals surface area (Å²) < 4.78 is 1.70. The number of aromatic nitrogens is 3. The van der Waals surface area contributed by atoms with Crippen LogP contribution in [0.2, 0.25) is 0 Å². The third-order valence-corrected chi connectivity index (χ3v) is 5.39. The highest BCUT2D eigenvalue weighted by Crippen LogP contribution is 2.25. The molecule has 3 rings (SSSR count). The lowest BCUT2D eigenvalue weighted by molar-refractivity contribution is 0.102. The molecule has 1 fully saturated rings. The maximum absolute atomic E-state index is 12.5. The molecule has 0 saturated carbocycles. The number of thiazole rings is 1. The van der Waals surface area contributed by atoms with Crippen LogP contribution in [0.15, 0.2) is 6.20 Å². The molecule has 1 aliphatic heterocycles. The summed E-state index contributed by atoms with van der Waals surface area (Å²) in [7, 11) is 1.84. The van der Waals surface area contributed by atoms with Gasteiger partial charge in [0.2, 0.25) is 0 Å². The van der Waals surface area contributed by atoms with Crippen molar-refractivity contribution in [2.24, 2.45) is 13.0 Å². The number of piperidine rings is 1. The van der Waals surface area contributed by atoms with Crippen LogP contribution < -0.4 is 10.6 Å². The summed E-state index contributed by atoms with van der Waals surface area (Å²) in [6.45, 7) is 6.01. The first-order chi connectivity index (χ1) is 11.0. The number of hydrogen-bond acceptors (Lipinski definition) is 5. The van der Waals surface area contributed by atoms with Gasteiger partial charge in [0.05, 0.1) is 10.7 Å². The van der Waals surface area contributed by atoms with Gasteiger partial charge in [0.1, 0.15) is 4.88 Å². The summed E-state index contributed by atoms with van der Waals surface area (Å²) >= 11 is 1.52. The second-order valence-corrected chi connectivity index (χ2v) is 7.29. The predicted octanol–water partition coefficient (Wildman–Crippen LogP) is 2.29. The molecule has 0 aromatic carbocycles. The number of rotatable bonds is 4. The lowest BCUT2D eigenvalue weighted by Crippen LogP contribution is -2.28. The van der Waals surface area contributed by atoms with E-state index in [1.807, 2.05) is 27.1 Å². The molecule has 0 radical (unpaired) electrons. The first kappa shape index (κ1) is 16.1. The fourth-order valence-corrected chi connectivity index (χ4v) is 4.05. The van der Waals surface area contributed by atoms with Crippen LogP contribution in [-0.4, -0.2) is 33.8 Å². The number of carbonyl (C=O) groups excluding carboxylic acids is 1. The lowest BCUT2D eigenvalue weighted by Gasteiger charge is -2.21. The second-order valence-electron chi connectivity index (χ2n) is 6.21. The minimum absolute atomic E-state index is 0.113. The van der Waals surface area contributed by atoms with Gasteiger partial charge in [-0.2, -0.15) is 5.10 Å². The monoisotopic (exact) mass is 333 g/mol. The Morgan fingerprint density at radius 2 is 2.17 bits per heavy atom. The molecular weight excluding hydrogens is 310 g/mol. The van der Waals surface area contributed by atoms with Crippen molar-refractivity contribution >= 4 is 23.1 Å². The van der Waals surface area contributed by atoms with Crippen molar-refractivity contribution in [1.82, 2.24) is 20.1 Å². The number of amides is 1. The summed E-state index contributed by atoms with van der Waals surface area (Å²) in [5.41, 5.74) is 1.77. The SMILES string of the molecule is Cc1cn(C)nc1NC(=O)c1sc(CC2CCNCC2)nc1C. The third-order valence-electron chi connectivity index (χ3n) is 4.21. The highest BCUT2D eigenvalue weighted by molar-refractivity contribution is 7.13. The molecule has 0 spiro atoms. The fraction of sp³-hybridized carbons (Fsp3) is 0.562. The van der Waals surface area contributed by atoms with E-state index in [1.54, 1.807) is 4.68 Å². The van der Waals surface area contributed by atoms with Crippen molar-refractivity contribution < 1.29 is 4.79 Å². The normalized spacial score (nSPS) is 15.8. The molecule has 124 valence electrons. The maximum atomic E-state index is 12.5. The van der Waals surface area contributed by atoms with Crippen molar-refractivity contribution in [2.75, 3.05) is 18.4 Å². The maximum Gasteiger partial charge on any atom is 0.268 e. The Hall–Kier alpha value is -1.73. The zero-order chi connectivity index (χ0) is 16.4. The third kappa shape index (κ3) is 3.79. The molecule has 0 atom stereocenters. The van der Waals surface area contributed by atoms with E-state index in [2.05, 4.69) is 20.7 Å². The molecule has 23 heavy (non-hydrogen) atoms. The van der Waals surface area contributed by atoms with Crippen molar-refractivity contribution in [3.63, 3.8) is 0 Å². The summed E-state index contributed by atoms with van der Waals surface area (Å²) in [5, 5.41) is 11.6. The summed E-state index contributed by atoms with van der Waals surface area (Å²) in [5.74, 6) is 1.18. The Kier molecular flexibility index (Phi) is 4.77. The first-order valence-electron chi connectivity index (χ1n) is 8.01. The van der Waals surface area contributed by atoms with Gasteiger partial charge in [0.25, 0.3) is 5.91 Å². The van der Waals surface area contributed by atoms with Gasteiger partial charge in [-0.1, -0.05) is 0 Å². The molecule has 7 heteroatoms. The molecule has 2 aromatic rings. The van der Waals surface area contributed by atoms with Crippen LogP contribution in [-0.2, 0) is 13.5 Å². The molecule has 6 nitrogen and oxygen atoms in total. The summed E-state index contributed by atoms with van der Waals surface area (Å²) in [6, 6.07) is 0. The standard InChI is InChI=1S/C16H23N5OS/c1-10-9-21(3)20-15(10)19-16(22)14-11(2)18-13(23-14)8-12-4-6-17-7-5-12/h9,12,17H,4-8H2,1-3H3,(H,19,20,22). The number of carbonyl (C=O) groups is 1. The van der Waals surface area contributed by atoms with Crippen molar-refractivity contribution in [3.05, 3.63) is 27.3 Å². The van der Waals surface area contributed by atoms with Gasteiger partial charge >= 0.3 is 0 Å². The van der Waals surface area contributed by atoms with Gasteiger partial charge in [0, 0.05) is 25.2 Å². The molecule has 2 N–H and O–H groups in total. The quantitative estimate of drug-likeness (QED) is 0.900. The van der Waals surface area contributed by atoms with E-state index in [0.717, 1.165) is 35.8 Å². The van der Waals surface area contributed by atoms with Gasteiger partial charge in [-0.3, -0.25) is 9.48 Å². The van der Waals surface area contributed by atoms with Crippen molar-refractivity contribution in [1.29, 1.82) is 0 Å². The summed E-state index contributed by atoms with van der Waals surface area (Å²) in [6.07, 6.45) is 5.24. The van der Waals surface area contributed by atoms with Gasteiger partial charge in [-0.05, 0) is 45.7 Å². The van der Waals surface area contributed by atoms with Crippen molar-refractivity contribution in [2.45, 2.75) is 33.1 Å². The second kappa shape index (κ2) is 6.80. The zero-order valence-corrected chi connectivity index (χ0v) is 14.7. The van der Waals surface area contributed by atoms with Gasteiger partial charge in [0.15, 0.2) is 5.82 Å². The Morgan fingerprint density at radius 1 is 1.43 bits per heavy atom. The minimum Gasteiger partial charge on any atom is -0.317 e. The van der Waals surface area contributed by atoms with Crippen LogP contribution in [0.4, 0.5) is 5.82 Å². The number of anilines is 1. The van der Waals surface area contributed by atoms with E-state index in [1.165, 1.54) is 24.2 Å². The molecule has 0 bridgehead atoms. The molecule has 0 aliphatic carbocycles. The molecule has 1 amide bonds. The van der Waals surface area contributed by atoms with E-state index >= 15 is 0 Å². The molecule has 3 heterocycles. The van der Waals surface area contributed by atoms with E-state index < -0.39 is 0 Å². The topological polar surface area (TPSA) is 71.8 Å². The number of aryl methyl sites for hydroxylation is 3. The van der Waals surface area contributed by atoms with Gasteiger partial charge < -0.3 is 10.6 Å². The van der Waals surface area contributed by atoms with E-state index in [-0.39, 0.29) is 5.91 Å². The average Bonchev–Trinajstić information content (AvgIpc) is 3.02. The van der Waals surface area contributed by atoms with Crippen LogP contribution in [0.5, 0.6) is 0 Å². The van der Waals surface area contributed by atoms with Crippen LogP contribution in [0.1, 0.15) is 38.8 Å². The molecular formula is C16H23N5OS. The summed E-state index contributed by atoms with van der Waals surface area (Å²) in [4.78, 5) is 17.8. The van der Waals surface area contributed by atoms with E-state index in [0.29, 0.717) is 16.6 Å². The van der Waals surface area contributed by atoms with Crippen LogP contribution in [0.3, 0.4) is 0 Å². The molecule has 0 unspecified atom stereocenters. The highest BCUT2D eigenvalue weighted by atomic mass is 32.1. The average molecular weight is 333 g/mol. The first-order valence-corrected chi connectivity index (χ1v) is 8.83. The Bertz CT molecular complexity index is 699. The highest BCUT2D eigenvalue weighted by Gasteiger charge is 2.20. The van der Waals surface area contributed by atoms with Gasteiger partial charge in [-0.25, -0.2) is 4.98 Å².